The summed E-state index contributed by atoms with van der Waals surface area (Å²) in [6.45, 7) is 7.48. The van der Waals surface area contributed by atoms with Crippen molar-refractivity contribution in [2.75, 3.05) is 11.9 Å². The fourth-order valence-corrected chi connectivity index (χ4v) is 3.82. The van der Waals surface area contributed by atoms with Crippen molar-refractivity contribution in [2.24, 2.45) is 0 Å². The van der Waals surface area contributed by atoms with Crippen molar-refractivity contribution in [3.8, 4) is 16.9 Å². The molecule has 3 heteroatoms. The molecule has 2 aromatic carbocycles. The first-order valence-electron chi connectivity index (χ1n) is 9.14. The molecule has 3 aromatic rings. The molecule has 0 spiro atoms. The lowest BCUT2D eigenvalue weighted by Crippen LogP contribution is -2.08. The van der Waals surface area contributed by atoms with Crippen LogP contribution in [0, 0.1) is 20.8 Å². The van der Waals surface area contributed by atoms with E-state index in [9.17, 15) is 0 Å². The third-order valence-corrected chi connectivity index (χ3v) is 4.97. The maximum atomic E-state index is 5.07. The standard InChI is InChI=1S/C22H25N3/c1-15-12-16(2)14-18(13-15)21-19-9-6-7-11-23-22(19)25(24-21)20-10-5-4-8-17(20)3/h4-5,8,10,12-14,23H,6-7,9,11H2,1-3H3. The van der Waals surface area contributed by atoms with Crippen molar-refractivity contribution < 1.29 is 0 Å². The number of hydrogen-bond acceptors (Lipinski definition) is 2. The molecule has 0 radical (unpaired) electrons. The van der Waals surface area contributed by atoms with Gasteiger partial charge in [-0.3, -0.25) is 0 Å². The first-order valence-corrected chi connectivity index (χ1v) is 9.14. The van der Waals surface area contributed by atoms with Crippen LogP contribution in [0.5, 0.6) is 0 Å². The van der Waals surface area contributed by atoms with E-state index in [1.165, 1.54) is 46.5 Å². The Morgan fingerprint density at radius 1 is 0.960 bits per heavy atom. The number of aryl methyl sites for hydroxylation is 3. The predicted molar refractivity (Wildman–Crippen MR) is 105 cm³/mol. The van der Waals surface area contributed by atoms with Crippen molar-refractivity contribution in [1.29, 1.82) is 0 Å². The van der Waals surface area contributed by atoms with Crippen LogP contribution in [-0.4, -0.2) is 16.3 Å². The molecule has 0 aliphatic carbocycles. The van der Waals surface area contributed by atoms with E-state index in [1.54, 1.807) is 0 Å². The number of anilines is 1. The molecule has 128 valence electrons. The molecule has 1 aliphatic heterocycles. The molecule has 25 heavy (non-hydrogen) atoms. The van der Waals surface area contributed by atoms with Gasteiger partial charge >= 0.3 is 0 Å². The molecule has 0 saturated heterocycles. The van der Waals surface area contributed by atoms with Crippen molar-refractivity contribution >= 4 is 5.82 Å². The molecule has 3 nitrogen and oxygen atoms in total. The van der Waals surface area contributed by atoms with Gasteiger partial charge in [-0.2, -0.15) is 5.10 Å². The highest BCUT2D eigenvalue weighted by Crippen LogP contribution is 2.35. The molecule has 4 rings (SSSR count). The van der Waals surface area contributed by atoms with Crippen LogP contribution < -0.4 is 5.32 Å². The summed E-state index contributed by atoms with van der Waals surface area (Å²) in [6, 6.07) is 15.2. The molecule has 1 N–H and O–H groups in total. The highest BCUT2D eigenvalue weighted by molar-refractivity contribution is 5.72. The van der Waals surface area contributed by atoms with E-state index in [4.69, 9.17) is 5.10 Å². The van der Waals surface area contributed by atoms with Crippen LogP contribution in [0.1, 0.15) is 35.1 Å². The van der Waals surface area contributed by atoms with Crippen LogP contribution in [0.25, 0.3) is 16.9 Å². The summed E-state index contributed by atoms with van der Waals surface area (Å²) in [7, 11) is 0. The fourth-order valence-electron chi connectivity index (χ4n) is 3.82. The Hall–Kier alpha value is -2.55. The highest BCUT2D eigenvalue weighted by Gasteiger charge is 2.22. The van der Waals surface area contributed by atoms with E-state index >= 15 is 0 Å². The Balaban J connectivity index is 1.95. The Bertz CT molecular complexity index is 901. The minimum absolute atomic E-state index is 1.01. The summed E-state index contributed by atoms with van der Waals surface area (Å²) < 4.78 is 2.11. The summed E-state index contributed by atoms with van der Waals surface area (Å²) in [5.41, 5.74) is 8.68. The second-order valence-electron chi connectivity index (χ2n) is 7.13. The van der Waals surface area contributed by atoms with Crippen molar-refractivity contribution in [1.82, 2.24) is 9.78 Å². The number of nitrogens with zero attached hydrogens (tertiary/aromatic N) is 2. The SMILES string of the molecule is Cc1cc(C)cc(-c2nn(-c3ccccc3C)c3c2CCCCN3)c1. The Morgan fingerprint density at radius 3 is 2.48 bits per heavy atom. The minimum Gasteiger partial charge on any atom is -0.370 e. The van der Waals surface area contributed by atoms with Gasteiger partial charge in [-0.25, -0.2) is 4.68 Å². The van der Waals surface area contributed by atoms with Gasteiger partial charge in [0.1, 0.15) is 5.82 Å². The van der Waals surface area contributed by atoms with Crippen molar-refractivity contribution in [3.63, 3.8) is 0 Å². The normalized spacial score (nSPS) is 13.9. The molecule has 0 atom stereocenters. The lowest BCUT2D eigenvalue weighted by Gasteiger charge is -2.11. The molecule has 0 saturated carbocycles. The van der Waals surface area contributed by atoms with E-state index in [2.05, 4.69) is 73.2 Å². The van der Waals surface area contributed by atoms with E-state index in [-0.39, 0.29) is 0 Å². The topological polar surface area (TPSA) is 29.9 Å². The van der Waals surface area contributed by atoms with Crippen LogP contribution in [0.3, 0.4) is 0 Å². The molecule has 0 fully saturated rings. The molecule has 1 aliphatic rings. The summed E-state index contributed by atoms with van der Waals surface area (Å²) in [5, 5.41) is 8.71. The van der Waals surface area contributed by atoms with Crippen molar-refractivity contribution in [2.45, 2.75) is 40.0 Å². The van der Waals surface area contributed by atoms with Gasteiger partial charge in [-0.05, 0) is 63.8 Å². The molecule has 0 amide bonds. The van der Waals surface area contributed by atoms with E-state index in [1.807, 2.05) is 0 Å². The van der Waals surface area contributed by atoms with Crippen LogP contribution in [0.15, 0.2) is 42.5 Å². The molecule has 0 bridgehead atoms. The summed E-state index contributed by atoms with van der Waals surface area (Å²) in [5.74, 6) is 1.17. The van der Waals surface area contributed by atoms with Gasteiger partial charge in [-0.1, -0.05) is 35.4 Å². The number of aromatic nitrogens is 2. The third-order valence-electron chi connectivity index (χ3n) is 4.97. The van der Waals surface area contributed by atoms with Gasteiger partial charge in [-0.15, -0.1) is 0 Å². The number of fused-ring (bicyclic) bond motifs is 1. The van der Waals surface area contributed by atoms with E-state index < -0.39 is 0 Å². The molecule has 0 unspecified atom stereocenters. The van der Waals surface area contributed by atoms with Gasteiger partial charge < -0.3 is 5.32 Å². The summed E-state index contributed by atoms with van der Waals surface area (Å²) >= 11 is 0. The number of rotatable bonds is 2. The maximum Gasteiger partial charge on any atom is 0.133 e. The van der Waals surface area contributed by atoms with Crippen molar-refractivity contribution in [3.05, 3.63) is 64.7 Å². The monoisotopic (exact) mass is 331 g/mol. The van der Waals surface area contributed by atoms with E-state index in [0.29, 0.717) is 0 Å². The van der Waals surface area contributed by atoms with Crippen LogP contribution in [0.4, 0.5) is 5.82 Å². The zero-order chi connectivity index (χ0) is 17.4. The molecular weight excluding hydrogens is 306 g/mol. The maximum absolute atomic E-state index is 5.07. The zero-order valence-electron chi connectivity index (χ0n) is 15.3. The second-order valence-corrected chi connectivity index (χ2v) is 7.13. The molecule has 1 aromatic heterocycles. The van der Waals surface area contributed by atoms with E-state index in [0.717, 1.165) is 24.3 Å². The summed E-state index contributed by atoms with van der Waals surface area (Å²) in [6.07, 6.45) is 3.49. The lowest BCUT2D eigenvalue weighted by molar-refractivity contribution is 0.779. The van der Waals surface area contributed by atoms with Crippen LogP contribution in [0.2, 0.25) is 0 Å². The first-order chi connectivity index (χ1) is 12.1. The first kappa shape index (κ1) is 15.9. The largest absolute Gasteiger partial charge is 0.370 e. The van der Waals surface area contributed by atoms with Crippen LogP contribution >= 0.6 is 0 Å². The van der Waals surface area contributed by atoms with Gasteiger partial charge in [0.15, 0.2) is 0 Å². The Kier molecular flexibility index (Phi) is 4.08. The third kappa shape index (κ3) is 2.95. The number of benzene rings is 2. The predicted octanol–water partition coefficient (Wildman–Crippen LogP) is 5.21. The van der Waals surface area contributed by atoms with Crippen LogP contribution in [-0.2, 0) is 6.42 Å². The minimum atomic E-state index is 1.01. The smallest absolute Gasteiger partial charge is 0.133 e. The molecule has 2 heterocycles. The number of nitrogens with one attached hydrogen (secondary N) is 1. The van der Waals surface area contributed by atoms with Gasteiger partial charge in [0.25, 0.3) is 0 Å². The second kappa shape index (κ2) is 6.40. The highest BCUT2D eigenvalue weighted by atomic mass is 15.3. The summed E-state index contributed by atoms with van der Waals surface area (Å²) in [4.78, 5) is 0. The quantitative estimate of drug-likeness (QED) is 0.698. The van der Waals surface area contributed by atoms with Gasteiger partial charge in [0.2, 0.25) is 0 Å². The fraction of sp³-hybridized carbons (Fsp3) is 0.318. The average Bonchev–Trinajstić information content (AvgIpc) is 2.76. The number of hydrogen-bond donors (Lipinski definition) is 1. The van der Waals surface area contributed by atoms with Gasteiger partial charge in [0.05, 0.1) is 11.4 Å². The Morgan fingerprint density at radius 2 is 1.72 bits per heavy atom. The average molecular weight is 331 g/mol. The lowest BCUT2D eigenvalue weighted by atomic mass is 10.00. The zero-order valence-corrected chi connectivity index (χ0v) is 15.3. The number of para-hydroxylation sites is 1. The molecular formula is C22H25N3. The van der Waals surface area contributed by atoms with Gasteiger partial charge in [0, 0.05) is 17.7 Å². The Labute approximate surface area is 149 Å².